The molecule has 0 saturated carbocycles. The van der Waals surface area contributed by atoms with E-state index >= 15 is 0 Å². The van der Waals surface area contributed by atoms with Crippen LogP contribution in [0.3, 0.4) is 0 Å². The summed E-state index contributed by atoms with van der Waals surface area (Å²) < 4.78 is 1.19. The lowest BCUT2D eigenvalue weighted by atomic mass is 10.1. The molecule has 0 aliphatic carbocycles. The minimum Gasteiger partial charge on any atom is -0.507 e. The van der Waals surface area contributed by atoms with Gasteiger partial charge < -0.3 is 15.5 Å². The van der Waals surface area contributed by atoms with Crippen molar-refractivity contribution in [3.8, 4) is 5.75 Å². The number of phenolic OH excluding ortho intramolecular Hbond substituents is 1. The number of rotatable bonds is 5. The van der Waals surface area contributed by atoms with E-state index in [1.807, 2.05) is 19.1 Å². The first kappa shape index (κ1) is 18.3. The van der Waals surface area contributed by atoms with Crippen molar-refractivity contribution in [2.75, 3.05) is 0 Å². The number of fused-ring (bicyclic) bond motifs is 1. The highest BCUT2D eigenvalue weighted by Gasteiger charge is 2.15. The van der Waals surface area contributed by atoms with Crippen molar-refractivity contribution in [3.05, 3.63) is 71.9 Å². The lowest BCUT2D eigenvalue weighted by molar-refractivity contribution is -0.117. The number of phenols is 1. The number of hydrogen-bond acceptors (Lipinski definition) is 3. The van der Waals surface area contributed by atoms with Crippen LogP contribution in [0.2, 0.25) is 0 Å². The molecule has 0 aliphatic heterocycles. The Hall–Kier alpha value is -3.54. The first-order valence-electron chi connectivity index (χ1n) is 8.54. The monoisotopic (exact) mass is 364 g/mol. The third-order valence-corrected chi connectivity index (χ3v) is 4.27. The normalized spacial score (nSPS) is 12.3. The highest BCUT2D eigenvalue weighted by Crippen LogP contribution is 2.22. The Labute approximate surface area is 156 Å². The van der Waals surface area contributed by atoms with Crippen molar-refractivity contribution in [3.63, 3.8) is 0 Å². The SMILES string of the molecule is C[C@H](Cc1cn(C(=O)O)c2ccccc12)NC(=O)C=Cc1ccccc1O. The molecule has 2 aromatic carbocycles. The molecule has 27 heavy (non-hydrogen) atoms. The molecule has 1 atom stereocenters. The van der Waals surface area contributed by atoms with Gasteiger partial charge in [0.1, 0.15) is 5.75 Å². The molecule has 1 amide bonds. The fourth-order valence-electron chi connectivity index (χ4n) is 3.04. The van der Waals surface area contributed by atoms with Gasteiger partial charge in [0.15, 0.2) is 0 Å². The smallest absolute Gasteiger partial charge is 0.416 e. The average Bonchev–Trinajstić information content (AvgIpc) is 3.00. The van der Waals surface area contributed by atoms with Gasteiger partial charge in [-0.3, -0.25) is 9.36 Å². The highest BCUT2D eigenvalue weighted by molar-refractivity contribution is 5.93. The van der Waals surface area contributed by atoms with E-state index in [-0.39, 0.29) is 17.7 Å². The lowest BCUT2D eigenvalue weighted by Gasteiger charge is -2.12. The zero-order valence-corrected chi connectivity index (χ0v) is 14.8. The molecule has 6 heteroatoms. The molecular formula is C21H20N2O4. The number of para-hydroxylation sites is 2. The topological polar surface area (TPSA) is 91.6 Å². The van der Waals surface area contributed by atoms with E-state index in [0.29, 0.717) is 17.5 Å². The summed E-state index contributed by atoms with van der Waals surface area (Å²) in [6, 6.07) is 13.8. The van der Waals surface area contributed by atoms with Crippen LogP contribution in [0.15, 0.2) is 60.8 Å². The van der Waals surface area contributed by atoms with Gasteiger partial charge >= 0.3 is 6.09 Å². The van der Waals surface area contributed by atoms with Crippen molar-refractivity contribution in [1.82, 2.24) is 9.88 Å². The molecule has 1 aromatic heterocycles. The molecule has 0 unspecified atom stereocenters. The second-order valence-corrected chi connectivity index (χ2v) is 6.33. The maximum Gasteiger partial charge on any atom is 0.416 e. The van der Waals surface area contributed by atoms with Crippen LogP contribution < -0.4 is 5.32 Å². The van der Waals surface area contributed by atoms with Crippen molar-refractivity contribution >= 4 is 29.0 Å². The predicted molar refractivity (Wildman–Crippen MR) is 104 cm³/mol. The van der Waals surface area contributed by atoms with Crippen LogP contribution in [-0.4, -0.2) is 32.8 Å². The van der Waals surface area contributed by atoms with Gasteiger partial charge in [0, 0.05) is 29.3 Å². The van der Waals surface area contributed by atoms with Crippen LogP contribution in [-0.2, 0) is 11.2 Å². The number of amides is 1. The van der Waals surface area contributed by atoms with Crippen LogP contribution in [0.1, 0.15) is 18.1 Å². The predicted octanol–water partition coefficient (Wildman–Crippen LogP) is 3.63. The number of hydrogen-bond donors (Lipinski definition) is 3. The summed E-state index contributed by atoms with van der Waals surface area (Å²) >= 11 is 0. The van der Waals surface area contributed by atoms with Crippen LogP contribution in [0, 0.1) is 0 Å². The molecule has 3 aromatic rings. The van der Waals surface area contributed by atoms with Crippen molar-refractivity contribution in [2.24, 2.45) is 0 Å². The third-order valence-electron chi connectivity index (χ3n) is 4.27. The number of carbonyl (C=O) groups is 2. The van der Waals surface area contributed by atoms with E-state index in [1.165, 1.54) is 10.6 Å². The van der Waals surface area contributed by atoms with Gasteiger partial charge in [-0.1, -0.05) is 36.4 Å². The fourth-order valence-corrected chi connectivity index (χ4v) is 3.04. The number of aromatic nitrogens is 1. The zero-order chi connectivity index (χ0) is 19.4. The van der Waals surface area contributed by atoms with Gasteiger partial charge in [-0.2, -0.15) is 0 Å². The molecule has 0 spiro atoms. The summed E-state index contributed by atoms with van der Waals surface area (Å²) in [6.45, 7) is 1.86. The summed E-state index contributed by atoms with van der Waals surface area (Å²) in [5, 5.41) is 22.8. The van der Waals surface area contributed by atoms with Gasteiger partial charge in [0.2, 0.25) is 5.91 Å². The Morgan fingerprint density at radius 1 is 1.15 bits per heavy atom. The summed E-state index contributed by atoms with van der Waals surface area (Å²) in [6.07, 6.45) is 3.96. The lowest BCUT2D eigenvalue weighted by Crippen LogP contribution is -2.32. The average molecular weight is 364 g/mol. The van der Waals surface area contributed by atoms with E-state index in [4.69, 9.17) is 0 Å². The number of benzene rings is 2. The molecule has 138 valence electrons. The van der Waals surface area contributed by atoms with Gasteiger partial charge in [-0.25, -0.2) is 4.79 Å². The van der Waals surface area contributed by atoms with E-state index in [2.05, 4.69) is 5.32 Å². The Balaban J connectivity index is 1.70. The molecule has 3 N–H and O–H groups in total. The van der Waals surface area contributed by atoms with E-state index in [0.717, 1.165) is 10.9 Å². The van der Waals surface area contributed by atoms with Crippen LogP contribution in [0.4, 0.5) is 4.79 Å². The minimum atomic E-state index is -1.04. The maximum atomic E-state index is 12.1. The van der Waals surface area contributed by atoms with Crippen molar-refractivity contribution in [2.45, 2.75) is 19.4 Å². The van der Waals surface area contributed by atoms with Gasteiger partial charge in [0.25, 0.3) is 0 Å². The van der Waals surface area contributed by atoms with E-state index in [1.54, 1.807) is 48.7 Å². The van der Waals surface area contributed by atoms with E-state index in [9.17, 15) is 19.8 Å². The Kier molecular flexibility index (Phi) is 5.26. The molecule has 0 saturated heterocycles. The Bertz CT molecular complexity index is 1020. The highest BCUT2D eigenvalue weighted by atomic mass is 16.4. The summed E-state index contributed by atoms with van der Waals surface area (Å²) in [5.41, 5.74) is 2.04. The molecule has 0 bridgehead atoms. The second kappa shape index (κ2) is 7.78. The van der Waals surface area contributed by atoms with Crippen LogP contribution in [0.25, 0.3) is 17.0 Å². The second-order valence-electron chi connectivity index (χ2n) is 6.33. The van der Waals surface area contributed by atoms with Gasteiger partial charge in [-0.15, -0.1) is 0 Å². The van der Waals surface area contributed by atoms with Gasteiger partial charge in [0.05, 0.1) is 5.52 Å². The van der Waals surface area contributed by atoms with Crippen LogP contribution in [0.5, 0.6) is 5.75 Å². The van der Waals surface area contributed by atoms with Crippen molar-refractivity contribution in [1.29, 1.82) is 0 Å². The summed E-state index contributed by atoms with van der Waals surface area (Å²) in [5.74, 6) is -0.177. The number of nitrogens with zero attached hydrogens (tertiary/aromatic N) is 1. The number of carboxylic acid groups (broad SMARTS) is 1. The first-order chi connectivity index (χ1) is 13.0. The quantitative estimate of drug-likeness (QED) is 0.603. The molecule has 0 radical (unpaired) electrons. The summed E-state index contributed by atoms with van der Waals surface area (Å²) in [7, 11) is 0. The molecule has 0 fully saturated rings. The number of nitrogens with one attached hydrogen (secondary N) is 1. The van der Waals surface area contributed by atoms with Crippen molar-refractivity contribution < 1.29 is 19.8 Å². The van der Waals surface area contributed by atoms with Crippen LogP contribution >= 0.6 is 0 Å². The fraction of sp³-hybridized carbons (Fsp3) is 0.143. The molecule has 3 rings (SSSR count). The first-order valence-corrected chi connectivity index (χ1v) is 8.54. The standard InChI is InChI=1S/C21H20N2O4/c1-14(22-20(25)11-10-15-6-2-5-9-19(15)24)12-16-13-23(21(26)27)18-8-4-3-7-17(16)18/h2-11,13-14,24H,12H2,1H3,(H,22,25)(H,26,27)/t14-/m1/s1. The Morgan fingerprint density at radius 3 is 2.59 bits per heavy atom. The minimum absolute atomic E-state index is 0.107. The van der Waals surface area contributed by atoms with Gasteiger partial charge in [-0.05, 0) is 37.1 Å². The Morgan fingerprint density at radius 2 is 1.85 bits per heavy atom. The largest absolute Gasteiger partial charge is 0.507 e. The molecule has 1 heterocycles. The number of carbonyl (C=O) groups excluding carboxylic acids is 1. The molecular weight excluding hydrogens is 344 g/mol. The molecule has 0 aliphatic rings. The number of aromatic hydroxyl groups is 1. The maximum absolute atomic E-state index is 12.1. The third kappa shape index (κ3) is 4.17. The summed E-state index contributed by atoms with van der Waals surface area (Å²) in [4.78, 5) is 23.5. The van der Waals surface area contributed by atoms with E-state index < -0.39 is 6.09 Å². The zero-order valence-electron chi connectivity index (χ0n) is 14.8. The molecule has 6 nitrogen and oxygen atoms in total.